The summed E-state index contributed by atoms with van der Waals surface area (Å²) in [6.07, 6.45) is 1.97. The van der Waals surface area contributed by atoms with Gasteiger partial charge in [0, 0.05) is 25.6 Å². The summed E-state index contributed by atoms with van der Waals surface area (Å²) in [5.41, 5.74) is 2.46. The number of nitrogens with one attached hydrogen (secondary N) is 1. The quantitative estimate of drug-likeness (QED) is 0.878. The molecule has 0 aliphatic carbocycles. The van der Waals surface area contributed by atoms with Gasteiger partial charge in [-0.3, -0.25) is 0 Å². The maximum atomic E-state index is 12.2. The van der Waals surface area contributed by atoms with Crippen LogP contribution in [0, 0.1) is 11.8 Å². The molecule has 1 aromatic rings. The Kier molecular flexibility index (Phi) is 5.83. The minimum Gasteiger partial charge on any atom is -0.396 e. The Morgan fingerprint density at radius 2 is 2.00 bits per heavy atom. The SMILES string of the molecule is CC(C)Cc1ccc(C(C)NC(=O)N2CCC(CO)C2)cc1. The van der Waals surface area contributed by atoms with Gasteiger partial charge in [-0.25, -0.2) is 4.79 Å². The van der Waals surface area contributed by atoms with Crippen molar-refractivity contribution in [2.45, 2.75) is 39.7 Å². The van der Waals surface area contributed by atoms with Crippen LogP contribution in [-0.4, -0.2) is 35.7 Å². The predicted molar refractivity (Wildman–Crippen MR) is 88.7 cm³/mol. The van der Waals surface area contributed by atoms with Crippen LogP contribution in [0.2, 0.25) is 0 Å². The fourth-order valence-electron chi connectivity index (χ4n) is 2.94. The molecule has 4 nitrogen and oxygen atoms in total. The summed E-state index contributed by atoms with van der Waals surface area (Å²) in [7, 11) is 0. The van der Waals surface area contributed by atoms with Crippen LogP contribution in [0.1, 0.15) is 44.4 Å². The van der Waals surface area contributed by atoms with Crippen LogP contribution in [0.4, 0.5) is 4.79 Å². The Labute approximate surface area is 133 Å². The summed E-state index contributed by atoms with van der Waals surface area (Å²) in [5, 5.41) is 12.2. The van der Waals surface area contributed by atoms with Gasteiger partial charge in [-0.05, 0) is 36.8 Å². The highest BCUT2D eigenvalue weighted by molar-refractivity contribution is 5.75. The molecule has 0 aromatic heterocycles. The number of hydrogen-bond donors (Lipinski definition) is 2. The van der Waals surface area contributed by atoms with E-state index in [-0.39, 0.29) is 24.6 Å². The zero-order valence-corrected chi connectivity index (χ0v) is 13.9. The number of aliphatic hydroxyl groups is 1. The maximum Gasteiger partial charge on any atom is 0.317 e. The second kappa shape index (κ2) is 7.63. The summed E-state index contributed by atoms with van der Waals surface area (Å²) in [4.78, 5) is 14.0. The molecule has 4 heteroatoms. The number of carbonyl (C=O) groups excluding carboxylic acids is 1. The Balaban J connectivity index is 1.88. The lowest BCUT2D eigenvalue weighted by Crippen LogP contribution is -2.39. The molecule has 1 fully saturated rings. The maximum absolute atomic E-state index is 12.2. The molecular formula is C18H28N2O2. The van der Waals surface area contributed by atoms with Crippen molar-refractivity contribution in [2.24, 2.45) is 11.8 Å². The van der Waals surface area contributed by atoms with Gasteiger partial charge in [0.2, 0.25) is 0 Å². The highest BCUT2D eigenvalue weighted by Gasteiger charge is 2.26. The Bertz CT molecular complexity index is 484. The molecule has 0 saturated carbocycles. The van der Waals surface area contributed by atoms with Crippen molar-refractivity contribution in [3.05, 3.63) is 35.4 Å². The number of hydrogen-bond acceptors (Lipinski definition) is 2. The lowest BCUT2D eigenvalue weighted by atomic mass is 10.00. The summed E-state index contributed by atoms with van der Waals surface area (Å²) >= 11 is 0. The van der Waals surface area contributed by atoms with Crippen LogP contribution in [0.25, 0.3) is 0 Å². The van der Waals surface area contributed by atoms with Crippen LogP contribution in [0.5, 0.6) is 0 Å². The van der Waals surface area contributed by atoms with Crippen molar-refractivity contribution in [3.63, 3.8) is 0 Å². The van der Waals surface area contributed by atoms with Gasteiger partial charge in [-0.15, -0.1) is 0 Å². The first-order valence-corrected chi connectivity index (χ1v) is 8.24. The highest BCUT2D eigenvalue weighted by atomic mass is 16.3. The monoisotopic (exact) mass is 304 g/mol. The number of urea groups is 1. The first-order valence-electron chi connectivity index (χ1n) is 8.24. The van der Waals surface area contributed by atoms with Gasteiger partial charge >= 0.3 is 6.03 Å². The van der Waals surface area contributed by atoms with E-state index in [1.807, 2.05) is 6.92 Å². The van der Waals surface area contributed by atoms with Crippen molar-refractivity contribution in [3.8, 4) is 0 Å². The molecule has 22 heavy (non-hydrogen) atoms. The predicted octanol–water partition coefficient (Wildman–Crippen LogP) is 2.97. The van der Waals surface area contributed by atoms with E-state index >= 15 is 0 Å². The number of amides is 2. The van der Waals surface area contributed by atoms with Gasteiger partial charge in [0.25, 0.3) is 0 Å². The molecule has 0 bridgehead atoms. The van der Waals surface area contributed by atoms with Crippen LogP contribution in [-0.2, 0) is 6.42 Å². The van der Waals surface area contributed by atoms with Crippen LogP contribution in [0.15, 0.2) is 24.3 Å². The number of carbonyl (C=O) groups is 1. The molecule has 1 heterocycles. The zero-order valence-electron chi connectivity index (χ0n) is 13.9. The normalized spacial score (nSPS) is 19.5. The number of benzene rings is 1. The second-order valence-corrected chi connectivity index (χ2v) is 6.79. The Hall–Kier alpha value is -1.55. The van der Waals surface area contributed by atoms with E-state index in [1.54, 1.807) is 4.90 Å². The average molecular weight is 304 g/mol. The van der Waals surface area contributed by atoms with E-state index in [0.717, 1.165) is 24.9 Å². The van der Waals surface area contributed by atoms with Crippen molar-refractivity contribution in [2.75, 3.05) is 19.7 Å². The average Bonchev–Trinajstić information content (AvgIpc) is 2.96. The molecule has 1 saturated heterocycles. The third kappa shape index (κ3) is 4.47. The first kappa shape index (κ1) is 16.8. The molecule has 0 radical (unpaired) electrons. The van der Waals surface area contributed by atoms with E-state index in [0.29, 0.717) is 12.5 Å². The van der Waals surface area contributed by atoms with E-state index in [2.05, 4.69) is 43.4 Å². The fraction of sp³-hybridized carbons (Fsp3) is 0.611. The van der Waals surface area contributed by atoms with Gasteiger partial charge in [-0.2, -0.15) is 0 Å². The van der Waals surface area contributed by atoms with Gasteiger partial charge in [0.1, 0.15) is 0 Å². The van der Waals surface area contributed by atoms with E-state index in [1.165, 1.54) is 5.56 Å². The largest absolute Gasteiger partial charge is 0.396 e. The summed E-state index contributed by atoms with van der Waals surface area (Å²) in [6.45, 7) is 7.99. The molecule has 2 amide bonds. The Morgan fingerprint density at radius 3 is 2.55 bits per heavy atom. The van der Waals surface area contributed by atoms with Gasteiger partial charge in [-0.1, -0.05) is 38.1 Å². The molecule has 1 aromatic carbocycles. The van der Waals surface area contributed by atoms with Crippen molar-refractivity contribution < 1.29 is 9.90 Å². The van der Waals surface area contributed by atoms with Crippen LogP contribution >= 0.6 is 0 Å². The van der Waals surface area contributed by atoms with E-state index in [4.69, 9.17) is 5.11 Å². The number of rotatable bonds is 5. The molecular weight excluding hydrogens is 276 g/mol. The van der Waals surface area contributed by atoms with Gasteiger partial charge < -0.3 is 15.3 Å². The van der Waals surface area contributed by atoms with Crippen molar-refractivity contribution in [1.82, 2.24) is 10.2 Å². The van der Waals surface area contributed by atoms with E-state index < -0.39 is 0 Å². The molecule has 1 aliphatic rings. The van der Waals surface area contributed by atoms with Gasteiger partial charge in [0.15, 0.2) is 0 Å². The molecule has 2 unspecified atom stereocenters. The minimum absolute atomic E-state index is 0.00576. The lowest BCUT2D eigenvalue weighted by molar-refractivity contribution is 0.195. The number of aliphatic hydroxyl groups excluding tert-OH is 1. The molecule has 1 aliphatic heterocycles. The molecule has 2 atom stereocenters. The summed E-state index contributed by atoms with van der Waals surface area (Å²) < 4.78 is 0. The van der Waals surface area contributed by atoms with Crippen LogP contribution in [0.3, 0.4) is 0 Å². The van der Waals surface area contributed by atoms with Crippen molar-refractivity contribution >= 4 is 6.03 Å². The van der Waals surface area contributed by atoms with Gasteiger partial charge in [0.05, 0.1) is 6.04 Å². The zero-order chi connectivity index (χ0) is 16.1. The van der Waals surface area contributed by atoms with Crippen LogP contribution < -0.4 is 5.32 Å². The topological polar surface area (TPSA) is 52.6 Å². The second-order valence-electron chi connectivity index (χ2n) is 6.79. The number of likely N-dealkylation sites (tertiary alicyclic amines) is 1. The summed E-state index contributed by atoms with van der Waals surface area (Å²) in [6, 6.07) is 8.46. The van der Waals surface area contributed by atoms with Crippen molar-refractivity contribution in [1.29, 1.82) is 0 Å². The third-order valence-electron chi connectivity index (χ3n) is 4.29. The smallest absolute Gasteiger partial charge is 0.317 e. The molecule has 2 N–H and O–H groups in total. The van der Waals surface area contributed by atoms with E-state index in [9.17, 15) is 4.79 Å². The number of nitrogens with zero attached hydrogens (tertiary/aromatic N) is 1. The lowest BCUT2D eigenvalue weighted by Gasteiger charge is -2.21. The standard InChI is InChI=1S/C18H28N2O2/c1-13(2)10-15-4-6-17(7-5-15)14(3)19-18(22)20-9-8-16(11-20)12-21/h4-7,13-14,16,21H,8-12H2,1-3H3,(H,19,22). The highest BCUT2D eigenvalue weighted by Crippen LogP contribution is 2.18. The molecule has 122 valence electrons. The molecule has 2 rings (SSSR count). The molecule has 0 spiro atoms. The Morgan fingerprint density at radius 1 is 1.32 bits per heavy atom. The summed E-state index contributed by atoms with van der Waals surface area (Å²) in [5.74, 6) is 0.883. The first-order chi connectivity index (χ1) is 10.5. The third-order valence-corrected chi connectivity index (χ3v) is 4.29. The minimum atomic E-state index is -0.0327. The fourth-order valence-corrected chi connectivity index (χ4v) is 2.94.